The third-order valence-electron chi connectivity index (χ3n) is 6.71. The van der Waals surface area contributed by atoms with Crippen LogP contribution in [0.2, 0.25) is 0 Å². The minimum atomic E-state index is -0.0351. The summed E-state index contributed by atoms with van der Waals surface area (Å²) in [5, 5.41) is 0. The molecule has 0 saturated carbocycles. The molecule has 2 aromatic rings. The molecule has 0 radical (unpaired) electrons. The molecule has 0 atom stereocenters. The maximum Gasteiger partial charge on any atom is 0.247 e. The summed E-state index contributed by atoms with van der Waals surface area (Å²) in [6, 6.07) is 9.30. The Morgan fingerprint density at radius 1 is 0.528 bits per heavy atom. The average molecular weight is 510 g/mol. The smallest absolute Gasteiger partial charge is 0.247 e. The highest BCUT2D eigenvalue weighted by atomic mass is 31.1. The molecule has 0 aromatic heterocycles. The Balaban J connectivity index is 2.79. The van der Waals surface area contributed by atoms with Gasteiger partial charge in [-0.25, -0.2) is 0 Å². The lowest BCUT2D eigenvalue weighted by atomic mass is 9.74. The van der Waals surface area contributed by atoms with Gasteiger partial charge in [0.1, 0.15) is 5.75 Å². The molecule has 0 saturated heterocycles. The highest BCUT2D eigenvalue weighted by molar-refractivity contribution is 7.21. The van der Waals surface area contributed by atoms with Gasteiger partial charge in [-0.05, 0) is 50.7 Å². The number of rotatable bonds is 3. The summed E-state index contributed by atoms with van der Waals surface area (Å²) >= 11 is 0. The fourth-order valence-corrected chi connectivity index (χ4v) is 5.02. The predicted octanol–water partition coefficient (Wildman–Crippen LogP) is 11.2. The summed E-state index contributed by atoms with van der Waals surface area (Å²) in [6.07, 6.45) is 0. The zero-order valence-corrected chi connectivity index (χ0v) is 27.0. The third kappa shape index (κ3) is 7.22. The molecule has 3 heteroatoms. The molecule has 2 nitrogen and oxygen atoms in total. The maximum atomic E-state index is 6.62. The van der Waals surface area contributed by atoms with Crippen LogP contribution in [0.3, 0.4) is 0 Å². The van der Waals surface area contributed by atoms with Crippen molar-refractivity contribution in [2.45, 2.75) is 138 Å². The first kappa shape index (κ1) is 30.6. The molecule has 0 bridgehead atoms. The molecule has 0 aliphatic carbocycles. The zero-order chi connectivity index (χ0) is 28.1. The van der Waals surface area contributed by atoms with Crippen molar-refractivity contribution in [3.8, 4) is 5.75 Å². The van der Waals surface area contributed by atoms with Crippen molar-refractivity contribution in [3.63, 3.8) is 0 Å². The van der Waals surface area contributed by atoms with Gasteiger partial charge in [0.25, 0.3) is 0 Å². The van der Waals surface area contributed by atoms with Gasteiger partial charge in [0.05, 0.1) is 5.69 Å². The summed E-state index contributed by atoms with van der Waals surface area (Å²) < 4.78 is 11.8. The van der Waals surface area contributed by atoms with Gasteiger partial charge in [0, 0.05) is 11.1 Å². The van der Waals surface area contributed by atoms with Crippen molar-refractivity contribution in [1.82, 2.24) is 0 Å². The number of nitrogens with zero attached hydrogens (tertiary/aromatic N) is 1. The van der Waals surface area contributed by atoms with Crippen LogP contribution in [-0.2, 0) is 27.1 Å². The van der Waals surface area contributed by atoms with Gasteiger partial charge in [-0.2, -0.15) is 4.74 Å². The fourth-order valence-electron chi connectivity index (χ4n) is 4.41. The normalized spacial score (nSPS) is 14.0. The van der Waals surface area contributed by atoms with Crippen LogP contribution in [0.25, 0.3) is 0 Å². The van der Waals surface area contributed by atoms with Gasteiger partial charge < -0.3 is 4.52 Å². The van der Waals surface area contributed by atoms with Crippen LogP contribution in [0.1, 0.15) is 137 Å². The number of hydrogen-bond donors (Lipinski definition) is 0. The maximum absolute atomic E-state index is 6.62. The summed E-state index contributed by atoms with van der Waals surface area (Å²) in [6.45, 7) is 36.3. The fraction of sp³-hybridized carbons (Fsp3) is 0.636. The SMILES string of the molecule is Cc1cc(C(C)(C)C)c(OP=Nc2c(C(C)(C)C)cc(C(C)(C)C)cc2C(C)(C)C)c(C(C)(C)C)c1. The molecule has 2 aromatic carbocycles. The highest BCUT2D eigenvalue weighted by Gasteiger charge is 2.30. The first-order valence-corrected chi connectivity index (χ1v) is 14.1. The molecular weight excluding hydrogens is 457 g/mol. The van der Waals surface area contributed by atoms with Crippen molar-refractivity contribution in [2.24, 2.45) is 4.74 Å². The van der Waals surface area contributed by atoms with Gasteiger partial charge >= 0.3 is 0 Å². The lowest BCUT2D eigenvalue weighted by Crippen LogP contribution is -2.21. The Morgan fingerprint density at radius 2 is 0.889 bits per heavy atom. The molecule has 0 heterocycles. The van der Waals surface area contributed by atoms with E-state index in [-0.39, 0.29) is 27.1 Å². The Bertz CT molecular complexity index is 1050. The van der Waals surface area contributed by atoms with E-state index in [0.29, 0.717) is 8.60 Å². The monoisotopic (exact) mass is 509 g/mol. The zero-order valence-electron chi connectivity index (χ0n) is 26.1. The van der Waals surface area contributed by atoms with Gasteiger partial charge in [-0.3, -0.25) is 0 Å². The second-order valence-electron chi connectivity index (χ2n) is 15.6. The standard InChI is InChI=1S/C33H52NOP/c1-21-17-25(32(11,12)13)28(26(18-21)33(14,15)16)35-36-34-27-23(30(5,6)7)19-22(29(2,3)4)20-24(27)31(8,9)10/h17-20H,1-16H3. The molecule has 2 rings (SSSR count). The number of benzene rings is 2. The second-order valence-corrected chi connectivity index (χ2v) is 16.2. The molecule has 0 unspecified atom stereocenters. The van der Waals surface area contributed by atoms with Gasteiger partial charge in [-0.15, -0.1) is 0 Å². The van der Waals surface area contributed by atoms with E-state index in [2.05, 4.69) is 135 Å². The Kier molecular flexibility index (Phi) is 8.41. The van der Waals surface area contributed by atoms with Gasteiger partial charge in [0.15, 0.2) is 0 Å². The minimum absolute atomic E-state index is 0.0294. The van der Waals surface area contributed by atoms with E-state index < -0.39 is 0 Å². The van der Waals surface area contributed by atoms with Crippen molar-refractivity contribution in [2.75, 3.05) is 0 Å². The highest BCUT2D eigenvalue weighted by Crippen LogP contribution is 2.46. The van der Waals surface area contributed by atoms with Crippen LogP contribution in [0.4, 0.5) is 5.69 Å². The summed E-state index contributed by atoms with van der Waals surface area (Å²) in [5.74, 6) is 0.979. The molecule has 0 amide bonds. The Labute approximate surface area is 224 Å². The summed E-state index contributed by atoms with van der Waals surface area (Å²) in [4.78, 5) is 0. The summed E-state index contributed by atoms with van der Waals surface area (Å²) in [5.41, 5.74) is 8.69. The van der Waals surface area contributed by atoms with Crippen LogP contribution in [0.5, 0.6) is 5.75 Å². The molecule has 200 valence electrons. The first-order valence-electron chi connectivity index (χ1n) is 13.4. The lowest BCUT2D eigenvalue weighted by molar-refractivity contribution is 0.507. The van der Waals surface area contributed by atoms with Crippen LogP contribution in [-0.4, -0.2) is 0 Å². The van der Waals surface area contributed by atoms with E-state index in [1.807, 2.05) is 0 Å². The van der Waals surface area contributed by atoms with E-state index in [1.165, 1.54) is 33.4 Å². The van der Waals surface area contributed by atoms with E-state index >= 15 is 0 Å². The first-order chi connectivity index (χ1) is 15.9. The summed E-state index contributed by atoms with van der Waals surface area (Å²) in [7, 11) is 0.609. The third-order valence-corrected chi connectivity index (χ3v) is 7.26. The topological polar surface area (TPSA) is 21.6 Å². The lowest BCUT2D eigenvalue weighted by Gasteiger charge is -2.32. The molecule has 0 aliphatic heterocycles. The van der Waals surface area contributed by atoms with E-state index in [1.54, 1.807) is 0 Å². The molecule has 36 heavy (non-hydrogen) atoms. The number of hydrogen-bond acceptors (Lipinski definition) is 2. The quantitative estimate of drug-likeness (QED) is 0.377. The molecule has 0 spiro atoms. The van der Waals surface area contributed by atoms with Crippen molar-refractivity contribution in [3.05, 3.63) is 57.6 Å². The van der Waals surface area contributed by atoms with E-state index in [0.717, 1.165) is 11.4 Å². The van der Waals surface area contributed by atoms with E-state index in [9.17, 15) is 0 Å². The molecular formula is C33H52NOP. The largest absolute Gasteiger partial charge is 0.422 e. The average Bonchev–Trinajstić information content (AvgIpc) is 2.64. The second kappa shape index (κ2) is 9.90. The molecule has 0 fully saturated rings. The van der Waals surface area contributed by atoms with E-state index in [4.69, 9.17) is 9.27 Å². The van der Waals surface area contributed by atoms with Crippen LogP contribution < -0.4 is 4.52 Å². The van der Waals surface area contributed by atoms with Crippen molar-refractivity contribution >= 4 is 14.3 Å². The Morgan fingerprint density at radius 3 is 1.19 bits per heavy atom. The Hall–Kier alpha value is -1.66. The molecule has 0 aliphatic rings. The van der Waals surface area contributed by atoms with Gasteiger partial charge in [-0.1, -0.05) is 134 Å². The van der Waals surface area contributed by atoms with Crippen LogP contribution in [0, 0.1) is 6.92 Å². The van der Waals surface area contributed by atoms with Crippen molar-refractivity contribution < 1.29 is 4.52 Å². The predicted molar refractivity (Wildman–Crippen MR) is 161 cm³/mol. The van der Waals surface area contributed by atoms with Crippen LogP contribution in [0.15, 0.2) is 29.0 Å². The van der Waals surface area contributed by atoms with Gasteiger partial charge in [0.2, 0.25) is 8.60 Å². The minimum Gasteiger partial charge on any atom is -0.422 e. The van der Waals surface area contributed by atoms with Crippen molar-refractivity contribution in [1.29, 1.82) is 0 Å². The number of aryl methyl sites for hydroxylation is 1. The molecule has 0 N–H and O–H groups in total. The van der Waals surface area contributed by atoms with Crippen LogP contribution >= 0.6 is 8.60 Å².